The van der Waals surface area contributed by atoms with Crippen LogP contribution in [0.25, 0.3) is 0 Å². The summed E-state index contributed by atoms with van der Waals surface area (Å²) in [6.07, 6.45) is -0.877. The molecule has 0 aromatic heterocycles. The number of hydrogen-bond acceptors (Lipinski definition) is 0. The molecule has 0 nitrogen and oxygen atoms in total. The predicted molar refractivity (Wildman–Crippen MR) is 83.4 cm³/mol. The Balaban J connectivity index is -0.0000000871. The van der Waals surface area contributed by atoms with Gasteiger partial charge in [-0.2, -0.15) is 13.2 Å². The van der Waals surface area contributed by atoms with E-state index in [4.69, 9.17) is 0 Å². The van der Waals surface area contributed by atoms with Gasteiger partial charge in [0.25, 0.3) is 3.79 Å². The van der Waals surface area contributed by atoms with E-state index in [0.29, 0.717) is 0 Å². The van der Waals surface area contributed by atoms with E-state index in [9.17, 15) is 13.2 Å². The summed E-state index contributed by atoms with van der Waals surface area (Å²) in [7, 11) is 0. The summed E-state index contributed by atoms with van der Waals surface area (Å²) in [6, 6.07) is 0. The number of hydrogen-bond donors (Lipinski definition) is 0. The van der Waals surface area contributed by atoms with Crippen molar-refractivity contribution in [2.45, 2.75) is 77.7 Å². The third kappa shape index (κ3) is 45.6. The first-order chi connectivity index (χ1) is 8.31. The standard InChI is InChI=1S/2C4H10.C3H8.C2Cl3F3/c1-4(2)3;1-3-4-2;1-3-2;3-1(4,5)2(6,7)8/h4H,1-3H3;3-4H2,1-2H3;3H2,1-2H3;. The van der Waals surface area contributed by atoms with E-state index in [1.807, 2.05) is 0 Å². The van der Waals surface area contributed by atoms with E-state index in [1.54, 1.807) is 0 Å². The van der Waals surface area contributed by atoms with Crippen molar-refractivity contribution in [2.75, 3.05) is 0 Å². The van der Waals surface area contributed by atoms with Gasteiger partial charge in [-0.15, -0.1) is 0 Å². The highest BCUT2D eigenvalue weighted by Gasteiger charge is 2.51. The van der Waals surface area contributed by atoms with Crippen LogP contribution in [-0.2, 0) is 0 Å². The van der Waals surface area contributed by atoms with Crippen molar-refractivity contribution in [1.82, 2.24) is 0 Å². The third-order valence-electron chi connectivity index (χ3n) is 0.821. The highest BCUT2D eigenvalue weighted by atomic mass is 35.6. The molecule has 0 rings (SSSR count). The van der Waals surface area contributed by atoms with Crippen molar-refractivity contribution in [3.8, 4) is 0 Å². The second kappa shape index (κ2) is 16.7. The van der Waals surface area contributed by atoms with Crippen LogP contribution in [0.3, 0.4) is 0 Å². The minimum atomic E-state index is -4.77. The fourth-order valence-electron chi connectivity index (χ4n) is 0. The SMILES string of the molecule is CC(C)C.CCC.CCCC.FC(F)(F)C(Cl)(Cl)Cl. The molecular formula is C13H28Cl3F3. The molecule has 122 valence electrons. The summed E-state index contributed by atoms with van der Waals surface area (Å²) >= 11 is 13.2. The lowest BCUT2D eigenvalue weighted by Gasteiger charge is -2.13. The third-order valence-corrected chi connectivity index (χ3v) is 1.46. The summed E-state index contributed by atoms with van der Waals surface area (Å²) in [5, 5.41) is 0. The van der Waals surface area contributed by atoms with Gasteiger partial charge in [-0.25, -0.2) is 0 Å². The van der Waals surface area contributed by atoms with Gasteiger partial charge in [0, 0.05) is 0 Å². The topological polar surface area (TPSA) is 0 Å². The highest BCUT2D eigenvalue weighted by Crippen LogP contribution is 2.42. The first-order valence-electron chi connectivity index (χ1n) is 6.44. The Hall–Kier alpha value is 0.660. The predicted octanol–water partition coefficient (Wildman–Crippen LogP) is 7.80. The Morgan fingerprint density at radius 3 is 0.895 bits per heavy atom. The second-order valence-electron chi connectivity index (χ2n) is 4.43. The molecular weight excluding hydrogens is 319 g/mol. The molecule has 0 amide bonds. The summed E-state index contributed by atoms with van der Waals surface area (Å²) in [6.45, 7) is 15.1. The minimum absolute atomic E-state index is 0.833. The van der Waals surface area contributed by atoms with E-state index < -0.39 is 9.97 Å². The van der Waals surface area contributed by atoms with Crippen LogP contribution in [0.2, 0.25) is 0 Å². The minimum Gasteiger partial charge on any atom is -0.166 e. The number of halogens is 6. The van der Waals surface area contributed by atoms with Crippen molar-refractivity contribution < 1.29 is 13.2 Å². The number of alkyl halides is 6. The van der Waals surface area contributed by atoms with Gasteiger partial charge in [-0.05, 0) is 5.92 Å². The molecule has 0 heterocycles. The molecule has 0 aliphatic carbocycles. The molecule has 0 N–H and O–H groups in total. The van der Waals surface area contributed by atoms with Gasteiger partial charge in [-0.3, -0.25) is 0 Å². The van der Waals surface area contributed by atoms with Crippen LogP contribution in [-0.4, -0.2) is 9.97 Å². The van der Waals surface area contributed by atoms with Gasteiger partial charge < -0.3 is 0 Å². The van der Waals surface area contributed by atoms with Crippen LogP contribution in [0.1, 0.15) is 67.7 Å². The van der Waals surface area contributed by atoms with Crippen molar-refractivity contribution in [1.29, 1.82) is 0 Å². The molecule has 0 spiro atoms. The maximum Gasteiger partial charge on any atom is 0.435 e. The van der Waals surface area contributed by atoms with Crippen LogP contribution in [0.15, 0.2) is 0 Å². The van der Waals surface area contributed by atoms with Crippen LogP contribution in [0.4, 0.5) is 13.2 Å². The first-order valence-corrected chi connectivity index (χ1v) is 7.58. The van der Waals surface area contributed by atoms with E-state index in [2.05, 4.69) is 83.3 Å². The van der Waals surface area contributed by atoms with Gasteiger partial charge in [0.05, 0.1) is 0 Å². The van der Waals surface area contributed by atoms with Crippen LogP contribution in [0.5, 0.6) is 0 Å². The van der Waals surface area contributed by atoms with E-state index >= 15 is 0 Å². The smallest absolute Gasteiger partial charge is 0.166 e. The van der Waals surface area contributed by atoms with Gasteiger partial charge in [-0.1, -0.05) is 103 Å². The van der Waals surface area contributed by atoms with Crippen molar-refractivity contribution >= 4 is 34.8 Å². The normalized spacial score (nSPS) is 10.4. The molecule has 0 aromatic carbocycles. The second-order valence-corrected chi connectivity index (χ2v) is 6.72. The average Bonchev–Trinajstić information content (AvgIpc) is 2.15. The Morgan fingerprint density at radius 2 is 0.895 bits per heavy atom. The highest BCUT2D eigenvalue weighted by molar-refractivity contribution is 6.68. The van der Waals surface area contributed by atoms with E-state index in [0.717, 1.165) is 5.92 Å². The maximum absolute atomic E-state index is 11.2. The lowest BCUT2D eigenvalue weighted by atomic mass is 10.3. The van der Waals surface area contributed by atoms with Crippen molar-refractivity contribution in [3.05, 3.63) is 0 Å². The molecule has 0 atom stereocenters. The van der Waals surface area contributed by atoms with Crippen LogP contribution < -0.4 is 0 Å². The molecule has 19 heavy (non-hydrogen) atoms. The lowest BCUT2D eigenvalue weighted by molar-refractivity contribution is -0.124. The zero-order valence-electron chi connectivity index (χ0n) is 13.0. The number of rotatable bonds is 1. The molecule has 0 aliphatic heterocycles. The van der Waals surface area contributed by atoms with E-state index in [-0.39, 0.29) is 0 Å². The monoisotopic (exact) mass is 346 g/mol. The van der Waals surface area contributed by atoms with Crippen LogP contribution >= 0.6 is 34.8 Å². The molecule has 0 unspecified atom stereocenters. The molecule has 0 saturated heterocycles. The zero-order chi connectivity index (χ0) is 16.7. The number of unbranched alkanes of at least 4 members (excludes halogenated alkanes) is 1. The molecule has 6 heteroatoms. The lowest BCUT2D eigenvalue weighted by Crippen LogP contribution is -2.27. The summed E-state index contributed by atoms with van der Waals surface area (Å²) in [5.74, 6) is 0.833. The summed E-state index contributed by atoms with van der Waals surface area (Å²) in [5.41, 5.74) is 0. The van der Waals surface area contributed by atoms with E-state index in [1.165, 1.54) is 19.3 Å². The molecule has 0 bridgehead atoms. The Bertz CT molecular complexity index is 135. The van der Waals surface area contributed by atoms with Gasteiger partial charge in [0.15, 0.2) is 0 Å². The Morgan fingerprint density at radius 1 is 0.789 bits per heavy atom. The maximum atomic E-state index is 11.2. The van der Waals surface area contributed by atoms with Crippen molar-refractivity contribution in [3.63, 3.8) is 0 Å². The zero-order valence-corrected chi connectivity index (χ0v) is 15.2. The molecule has 0 aromatic rings. The van der Waals surface area contributed by atoms with Gasteiger partial charge >= 0.3 is 6.18 Å². The van der Waals surface area contributed by atoms with Crippen molar-refractivity contribution in [2.24, 2.45) is 5.92 Å². The van der Waals surface area contributed by atoms with Crippen LogP contribution in [0, 0.1) is 5.92 Å². The van der Waals surface area contributed by atoms with Gasteiger partial charge in [0.2, 0.25) is 0 Å². The Labute approximate surface area is 132 Å². The molecule has 0 saturated carbocycles. The quantitative estimate of drug-likeness (QED) is 0.424. The Kier molecular flexibility index (Phi) is 24.6. The molecule has 0 aliphatic rings. The van der Waals surface area contributed by atoms with Gasteiger partial charge in [0.1, 0.15) is 0 Å². The fourth-order valence-corrected chi connectivity index (χ4v) is 0. The molecule has 0 fully saturated rings. The fraction of sp³-hybridized carbons (Fsp3) is 1.00. The summed E-state index contributed by atoms with van der Waals surface area (Å²) in [4.78, 5) is 0. The first kappa shape index (κ1) is 27.9. The summed E-state index contributed by atoms with van der Waals surface area (Å²) < 4.78 is 30.4. The largest absolute Gasteiger partial charge is 0.435 e. The molecule has 0 radical (unpaired) electrons. The average molecular weight is 348 g/mol.